The smallest absolute Gasteiger partial charge is 0.251 e. The molecule has 0 fully saturated rings. The fourth-order valence-electron chi connectivity index (χ4n) is 2.92. The highest BCUT2D eigenvalue weighted by Gasteiger charge is 2.12. The molecule has 0 unspecified atom stereocenters. The molecule has 2 heteroatoms. The van der Waals surface area contributed by atoms with E-state index in [4.69, 9.17) is 0 Å². The fraction of sp³-hybridized carbons (Fsp3) is 0.421. The second-order valence-electron chi connectivity index (χ2n) is 5.68. The number of hydrogen-bond donors (Lipinski definition) is 1. The Morgan fingerprint density at radius 3 is 2.38 bits per heavy atom. The van der Waals surface area contributed by atoms with Crippen LogP contribution in [0.15, 0.2) is 42.5 Å². The summed E-state index contributed by atoms with van der Waals surface area (Å²) in [6.07, 6.45) is 4.72. The van der Waals surface area contributed by atoms with Gasteiger partial charge in [-0.2, -0.15) is 0 Å². The number of nitrogens with one attached hydrogen (secondary N) is 1. The molecule has 2 aromatic carbocycles. The Morgan fingerprint density at radius 1 is 1.00 bits per heavy atom. The van der Waals surface area contributed by atoms with Crippen molar-refractivity contribution in [2.75, 3.05) is 6.54 Å². The number of carbonyl (C=O) groups excluding carboxylic acids is 1. The molecule has 0 heterocycles. The molecule has 0 atom stereocenters. The quantitative estimate of drug-likeness (QED) is 0.778. The molecule has 21 heavy (non-hydrogen) atoms. The minimum absolute atomic E-state index is 0.0454. The molecule has 0 saturated carbocycles. The first-order valence-corrected chi connectivity index (χ1v) is 8.02. The van der Waals surface area contributed by atoms with Crippen molar-refractivity contribution < 1.29 is 4.79 Å². The molecule has 0 aliphatic carbocycles. The molecule has 1 amide bonds. The largest absolute Gasteiger partial charge is 0.352 e. The molecule has 0 aliphatic rings. The summed E-state index contributed by atoms with van der Waals surface area (Å²) >= 11 is 0. The van der Waals surface area contributed by atoms with Crippen molar-refractivity contribution in [3.8, 4) is 0 Å². The van der Waals surface area contributed by atoms with Crippen molar-refractivity contribution >= 4 is 16.7 Å². The van der Waals surface area contributed by atoms with Crippen LogP contribution in [-0.4, -0.2) is 12.5 Å². The summed E-state index contributed by atoms with van der Waals surface area (Å²) in [4.78, 5) is 12.5. The van der Waals surface area contributed by atoms with Gasteiger partial charge < -0.3 is 5.32 Å². The van der Waals surface area contributed by atoms with E-state index in [0.29, 0.717) is 5.92 Å². The van der Waals surface area contributed by atoms with Gasteiger partial charge in [0.15, 0.2) is 0 Å². The zero-order valence-corrected chi connectivity index (χ0v) is 13.1. The monoisotopic (exact) mass is 283 g/mol. The molecule has 0 saturated heterocycles. The van der Waals surface area contributed by atoms with Gasteiger partial charge in [0.2, 0.25) is 0 Å². The van der Waals surface area contributed by atoms with Crippen LogP contribution < -0.4 is 5.32 Å². The van der Waals surface area contributed by atoms with Crippen LogP contribution in [0.3, 0.4) is 0 Å². The third kappa shape index (κ3) is 4.07. The predicted molar refractivity (Wildman–Crippen MR) is 89.6 cm³/mol. The van der Waals surface area contributed by atoms with Crippen LogP contribution in [0.5, 0.6) is 0 Å². The van der Waals surface area contributed by atoms with Crippen molar-refractivity contribution in [3.63, 3.8) is 0 Å². The Balaban J connectivity index is 2.08. The zero-order valence-electron chi connectivity index (χ0n) is 13.1. The number of hydrogen-bond acceptors (Lipinski definition) is 1. The van der Waals surface area contributed by atoms with E-state index in [1.165, 1.54) is 25.7 Å². The molecular formula is C19H25NO. The first-order valence-electron chi connectivity index (χ1n) is 8.02. The maximum absolute atomic E-state index is 12.5. The van der Waals surface area contributed by atoms with Crippen molar-refractivity contribution in [1.29, 1.82) is 0 Å². The summed E-state index contributed by atoms with van der Waals surface area (Å²) in [7, 11) is 0. The molecule has 2 nitrogen and oxygen atoms in total. The molecule has 2 aromatic rings. The number of rotatable bonds is 7. The standard InChI is InChI=1S/C19H25NO/c1-3-8-15(9-4-2)14-20-19(21)18-13-7-11-16-10-5-6-12-17(16)18/h5-7,10-13,15H,3-4,8-9,14H2,1-2H3,(H,20,21). The molecule has 0 aliphatic heterocycles. The highest BCUT2D eigenvalue weighted by Crippen LogP contribution is 2.19. The summed E-state index contributed by atoms with van der Waals surface area (Å²) < 4.78 is 0. The van der Waals surface area contributed by atoms with Crippen LogP contribution in [0, 0.1) is 5.92 Å². The second-order valence-corrected chi connectivity index (χ2v) is 5.68. The van der Waals surface area contributed by atoms with E-state index < -0.39 is 0 Å². The lowest BCUT2D eigenvalue weighted by atomic mass is 9.98. The summed E-state index contributed by atoms with van der Waals surface area (Å²) in [5.74, 6) is 0.642. The van der Waals surface area contributed by atoms with Crippen LogP contribution in [0.25, 0.3) is 10.8 Å². The normalized spacial score (nSPS) is 11.0. The third-order valence-electron chi connectivity index (χ3n) is 3.98. The van der Waals surface area contributed by atoms with Crippen molar-refractivity contribution in [2.45, 2.75) is 39.5 Å². The second kappa shape index (κ2) is 7.82. The average Bonchev–Trinajstić information content (AvgIpc) is 2.52. The minimum atomic E-state index is 0.0454. The van der Waals surface area contributed by atoms with E-state index in [1.807, 2.05) is 42.5 Å². The van der Waals surface area contributed by atoms with Crippen molar-refractivity contribution in [2.24, 2.45) is 5.92 Å². The van der Waals surface area contributed by atoms with Gasteiger partial charge in [-0.3, -0.25) is 4.79 Å². The highest BCUT2D eigenvalue weighted by molar-refractivity contribution is 6.06. The number of benzene rings is 2. The summed E-state index contributed by atoms with van der Waals surface area (Å²) in [6.45, 7) is 5.19. The van der Waals surface area contributed by atoms with Gasteiger partial charge in [-0.05, 0) is 35.6 Å². The highest BCUT2D eigenvalue weighted by atomic mass is 16.1. The third-order valence-corrected chi connectivity index (χ3v) is 3.98. The van der Waals surface area contributed by atoms with E-state index >= 15 is 0 Å². The van der Waals surface area contributed by atoms with Gasteiger partial charge in [0, 0.05) is 12.1 Å². The molecule has 0 radical (unpaired) electrons. The van der Waals surface area contributed by atoms with Crippen LogP contribution in [0.4, 0.5) is 0 Å². The Morgan fingerprint density at radius 2 is 1.67 bits per heavy atom. The fourth-order valence-corrected chi connectivity index (χ4v) is 2.92. The van der Waals surface area contributed by atoms with Crippen molar-refractivity contribution in [1.82, 2.24) is 5.32 Å². The Kier molecular flexibility index (Phi) is 5.79. The molecule has 112 valence electrons. The molecule has 0 spiro atoms. The van der Waals surface area contributed by atoms with Gasteiger partial charge in [-0.1, -0.05) is 63.1 Å². The molecular weight excluding hydrogens is 258 g/mol. The van der Waals surface area contributed by atoms with E-state index in [0.717, 1.165) is 22.9 Å². The Labute approximate surface area is 127 Å². The Hall–Kier alpha value is -1.83. The maximum atomic E-state index is 12.5. The first kappa shape index (κ1) is 15.6. The number of fused-ring (bicyclic) bond motifs is 1. The summed E-state index contributed by atoms with van der Waals surface area (Å²) in [5.41, 5.74) is 0.778. The van der Waals surface area contributed by atoms with Crippen LogP contribution in [-0.2, 0) is 0 Å². The topological polar surface area (TPSA) is 29.1 Å². The summed E-state index contributed by atoms with van der Waals surface area (Å²) in [6, 6.07) is 13.9. The van der Waals surface area contributed by atoms with Gasteiger partial charge in [-0.25, -0.2) is 0 Å². The van der Waals surface area contributed by atoms with Crippen LogP contribution in [0.2, 0.25) is 0 Å². The van der Waals surface area contributed by atoms with Crippen LogP contribution >= 0.6 is 0 Å². The molecule has 0 bridgehead atoms. The molecule has 1 N–H and O–H groups in total. The average molecular weight is 283 g/mol. The maximum Gasteiger partial charge on any atom is 0.251 e. The lowest BCUT2D eigenvalue weighted by molar-refractivity contribution is 0.0947. The van der Waals surface area contributed by atoms with Gasteiger partial charge in [-0.15, -0.1) is 0 Å². The first-order chi connectivity index (χ1) is 10.3. The van der Waals surface area contributed by atoms with Gasteiger partial charge in [0.1, 0.15) is 0 Å². The van der Waals surface area contributed by atoms with Crippen molar-refractivity contribution in [3.05, 3.63) is 48.0 Å². The van der Waals surface area contributed by atoms with Crippen LogP contribution in [0.1, 0.15) is 49.9 Å². The lowest BCUT2D eigenvalue weighted by Gasteiger charge is -2.16. The van der Waals surface area contributed by atoms with E-state index in [9.17, 15) is 4.79 Å². The van der Waals surface area contributed by atoms with E-state index in [2.05, 4.69) is 19.2 Å². The van der Waals surface area contributed by atoms with E-state index in [-0.39, 0.29) is 5.91 Å². The SMILES string of the molecule is CCCC(CCC)CNC(=O)c1cccc2ccccc12. The van der Waals surface area contributed by atoms with Gasteiger partial charge in [0.05, 0.1) is 0 Å². The summed E-state index contributed by atoms with van der Waals surface area (Å²) in [5, 5.41) is 5.26. The van der Waals surface area contributed by atoms with Gasteiger partial charge in [0.25, 0.3) is 5.91 Å². The molecule has 2 rings (SSSR count). The lowest BCUT2D eigenvalue weighted by Crippen LogP contribution is -2.29. The minimum Gasteiger partial charge on any atom is -0.352 e. The van der Waals surface area contributed by atoms with E-state index in [1.54, 1.807) is 0 Å². The Bertz CT molecular complexity index is 580. The number of amides is 1. The molecule has 0 aromatic heterocycles. The predicted octanol–water partition coefficient (Wildman–Crippen LogP) is 4.79. The zero-order chi connectivity index (χ0) is 15.1. The van der Waals surface area contributed by atoms with Gasteiger partial charge >= 0.3 is 0 Å². The number of carbonyl (C=O) groups is 1.